The first-order valence-electron chi connectivity index (χ1n) is 6.94. The van der Waals surface area contributed by atoms with Crippen LogP contribution in [-0.4, -0.2) is 27.6 Å². The predicted octanol–water partition coefficient (Wildman–Crippen LogP) is 2.56. The second-order valence-electron chi connectivity index (χ2n) is 4.73. The minimum absolute atomic E-state index is 0.216. The van der Waals surface area contributed by atoms with E-state index in [9.17, 15) is 4.79 Å². The van der Waals surface area contributed by atoms with Crippen molar-refractivity contribution in [2.24, 2.45) is 0 Å². The molecule has 1 aromatic heterocycles. The van der Waals surface area contributed by atoms with Crippen molar-refractivity contribution in [1.82, 2.24) is 15.2 Å². The molecule has 0 unspecified atom stereocenters. The van der Waals surface area contributed by atoms with Gasteiger partial charge in [0.25, 0.3) is 5.91 Å². The fourth-order valence-electron chi connectivity index (χ4n) is 1.77. The number of benzene rings is 1. The minimum Gasteiger partial charge on any atom is -0.384 e. The Hall–Kier alpha value is -2.50. The van der Waals surface area contributed by atoms with Gasteiger partial charge in [-0.2, -0.15) is 5.10 Å². The van der Waals surface area contributed by atoms with E-state index in [1.807, 2.05) is 32.0 Å². The number of nitrogens with one attached hydrogen (secondary N) is 2. The number of para-hydroxylation sites is 1. The van der Waals surface area contributed by atoms with Crippen molar-refractivity contribution in [3.05, 3.63) is 41.2 Å². The zero-order valence-corrected chi connectivity index (χ0v) is 12.5. The van der Waals surface area contributed by atoms with Crippen LogP contribution in [0.4, 0.5) is 11.6 Å². The van der Waals surface area contributed by atoms with E-state index in [2.05, 4.69) is 32.7 Å². The van der Waals surface area contributed by atoms with Gasteiger partial charge in [0.05, 0.1) is 17.0 Å². The number of amides is 1. The molecule has 0 aliphatic rings. The van der Waals surface area contributed by atoms with Crippen LogP contribution < -0.4 is 10.6 Å². The largest absolute Gasteiger partial charge is 0.384 e. The average Bonchev–Trinajstić information content (AvgIpc) is 2.49. The molecule has 0 saturated carbocycles. The van der Waals surface area contributed by atoms with Gasteiger partial charge in [0, 0.05) is 12.2 Å². The number of carbonyl (C=O) groups is 1. The molecule has 0 atom stereocenters. The molecule has 6 heteroatoms. The maximum Gasteiger partial charge on any atom is 0.260 e. The second kappa shape index (κ2) is 6.78. The number of rotatable bonds is 5. The Labute approximate surface area is 124 Å². The highest BCUT2D eigenvalue weighted by Crippen LogP contribution is 2.16. The zero-order chi connectivity index (χ0) is 15.2. The summed E-state index contributed by atoms with van der Waals surface area (Å²) in [6, 6.07) is 7.36. The normalized spacial score (nSPS) is 10.2. The third-order valence-electron chi connectivity index (χ3n) is 3.05. The van der Waals surface area contributed by atoms with E-state index in [0.29, 0.717) is 5.56 Å². The van der Waals surface area contributed by atoms with E-state index in [1.54, 1.807) is 6.07 Å². The quantitative estimate of drug-likeness (QED) is 0.882. The summed E-state index contributed by atoms with van der Waals surface area (Å²) in [5, 5.41) is 13.7. The van der Waals surface area contributed by atoms with Crippen molar-refractivity contribution in [3.8, 4) is 0 Å². The molecule has 0 saturated heterocycles. The van der Waals surface area contributed by atoms with E-state index in [-0.39, 0.29) is 11.9 Å². The number of aromatic nitrogens is 3. The molecule has 0 aliphatic heterocycles. The molecule has 110 valence electrons. The molecule has 6 nitrogen and oxygen atoms in total. The topological polar surface area (TPSA) is 79.8 Å². The number of nitrogens with zero attached hydrogens (tertiary/aromatic N) is 3. The Morgan fingerprint density at radius 3 is 2.62 bits per heavy atom. The summed E-state index contributed by atoms with van der Waals surface area (Å²) >= 11 is 0. The Morgan fingerprint density at radius 2 is 1.90 bits per heavy atom. The Kier molecular flexibility index (Phi) is 4.81. The van der Waals surface area contributed by atoms with E-state index in [4.69, 9.17) is 0 Å². The number of hydrogen-bond donors (Lipinski definition) is 2. The number of carbonyl (C=O) groups excluding carboxylic acids is 1. The van der Waals surface area contributed by atoms with Gasteiger partial charge in [-0.05, 0) is 32.4 Å². The third kappa shape index (κ3) is 3.75. The van der Waals surface area contributed by atoms with Crippen molar-refractivity contribution >= 4 is 17.5 Å². The van der Waals surface area contributed by atoms with Crippen molar-refractivity contribution in [3.63, 3.8) is 0 Å². The van der Waals surface area contributed by atoms with Gasteiger partial charge in [-0.25, -0.2) is 4.98 Å². The van der Waals surface area contributed by atoms with Crippen LogP contribution in [-0.2, 0) is 0 Å². The standard InChI is InChI=1S/C15H19N5O/c1-4-9-16-13-8-6-5-7-12(13)14(21)18-15-17-10(2)11(3)19-20-15/h5-8,16H,4,9H2,1-3H3,(H,17,18,20,21). The molecular weight excluding hydrogens is 266 g/mol. The SMILES string of the molecule is CCCNc1ccccc1C(=O)Nc1nnc(C)c(C)n1. The first-order valence-corrected chi connectivity index (χ1v) is 6.94. The average molecular weight is 285 g/mol. The van der Waals surface area contributed by atoms with E-state index in [1.165, 1.54) is 0 Å². The lowest BCUT2D eigenvalue weighted by molar-refractivity contribution is 0.102. The minimum atomic E-state index is -0.251. The Morgan fingerprint density at radius 1 is 1.14 bits per heavy atom. The smallest absolute Gasteiger partial charge is 0.260 e. The Balaban J connectivity index is 2.18. The molecule has 1 heterocycles. The van der Waals surface area contributed by atoms with Gasteiger partial charge < -0.3 is 5.32 Å². The first-order chi connectivity index (χ1) is 10.1. The molecule has 0 spiro atoms. The lowest BCUT2D eigenvalue weighted by Gasteiger charge is -2.11. The molecule has 0 aliphatic carbocycles. The molecular formula is C15H19N5O. The van der Waals surface area contributed by atoms with Crippen LogP contribution in [0.3, 0.4) is 0 Å². The molecule has 2 rings (SSSR count). The fourth-order valence-corrected chi connectivity index (χ4v) is 1.77. The second-order valence-corrected chi connectivity index (χ2v) is 4.73. The van der Waals surface area contributed by atoms with Crippen LogP contribution in [0.2, 0.25) is 0 Å². The van der Waals surface area contributed by atoms with Crippen LogP contribution in [0.15, 0.2) is 24.3 Å². The van der Waals surface area contributed by atoms with Crippen LogP contribution in [0.1, 0.15) is 35.1 Å². The monoisotopic (exact) mass is 285 g/mol. The van der Waals surface area contributed by atoms with E-state index < -0.39 is 0 Å². The highest BCUT2D eigenvalue weighted by Gasteiger charge is 2.12. The van der Waals surface area contributed by atoms with Crippen LogP contribution in [0, 0.1) is 13.8 Å². The Bertz CT molecular complexity index is 642. The number of anilines is 2. The van der Waals surface area contributed by atoms with Gasteiger partial charge in [0.2, 0.25) is 5.95 Å². The highest BCUT2D eigenvalue weighted by atomic mass is 16.1. The summed E-state index contributed by atoms with van der Waals surface area (Å²) in [7, 11) is 0. The fraction of sp³-hybridized carbons (Fsp3) is 0.333. The number of aryl methyl sites for hydroxylation is 2. The summed E-state index contributed by atoms with van der Waals surface area (Å²) in [5.41, 5.74) is 2.86. The van der Waals surface area contributed by atoms with Gasteiger partial charge >= 0.3 is 0 Å². The molecule has 0 fully saturated rings. The van der Waals surface area contributed by atoms with Gasteiger partial charge in [-0.3, -0.25) is 10.1 Å². The highest BCUT2D eigenvalue weighted by molar-refractivity contribution is 6.07. The molecule has 1 aromatic carbocycles. The summed E-state index contributed by atoms with van der Waals surface area (Å²) in [6.07, 6.45) is 0.986. The van der Waals surface area contributed by atoms with Gasteiger partial charge in [-0.1, -0.05) is 19.1 Å². The summed E-state index contributed by atoms with van der Waals surface area (Å²) < 4.78 is 0. The van der Waals surface area contributed by atoms with Crippen molar-refractivity contribution < 1.29 is 4.79 Å². The van der Waals surface area contributed by atoms with Gasteiger partial charge in [-0.15, -0.1) is 5.10 Å². The van der Waals surface area contributed by atoms with E-state index in [0.717, 1.165) is 30.0 Å². The summed E-state index contributed by atoms with van der Waals surface area (Å²) in [6.45, 7) is 6.54. The first kappa shape index (κ1) is 14.9. The van der Waals surface area contributed by atoms with Crippen molar-refractivity contribution in [1.29, 1.82) is 0 Å². The molecule has 2 N–H and O–H groups in total. The maximum atomic E-state index is 12.3. The van der Waals surface area contributed by atoms with Crippen LogP contribution in [0.5, 0.6) is 0 Å². The van der Waals surface area contributed by atoms with E-state index >= 15 is 0 Å². The molecule has 0 bridgehead atoms. The third-order valence-corrected chi connectivity index (χ3v) is 3.05. The molecule has 0 radical (unpaired) electrons. The van der Waals surface area contributed by atoms with Crippen LogP contribution >= 0.6 is 0 Å². The maximum absolute atomic E-state index is 12.3. The lowest BCUT2D eigenvalue weighted by atomic mass is 10.1. The van der Waals surface area contributed by atoms with Gasteiger partial charge in [0.1, 0.15) is 0 Å². The van der Waals surface area contributed by atoms with Gasteiger partial charge in [0.15, 0.2) is 0 Å². The molecule has 2 aromatic rings. The van der Waals surface area contributed by atoms with Crippen molar-refractivity contribution in [2.75, 3.05) is 17.2 Å². The predicted molar refractivity (Wildman–Crippen MR) is 82.5 cm³/mol. The van der Waals surface area contributed by atoms with Crippen molar-refractivity contribution in [2.45, 2.75) is 27.2 Å². The summed E-state index contributed by atoms with van der Waals surface area (Å²) in [4.78, 5) is 16.5. The zero-order valence-electron chi connectivity index (χ0n) is 12.5. The van der Waals surface area contributed by atoms with Crippen LogP contribution in [0.25, 0.3) is 0 Å². The molecule has 21 heavy (non-hydrogen) atoms. The molecule has 1 amide bonds. The number of hydrogen-bond acceptors (Lipinski definition) is 5. The summed E-state index contributed by atoms with van der Waals surface area (Å²) in [5.74, 6) is -0.0346. The lowest BCUT2D eigenvalue weighted by Crippen LogP contribution is -2.17.